The molecule has 0 aromatic heterocycles. The first-order chi connectivity index (χ1) is 10.2. The van der Waals surface area contributed by atoms with Crippen molar-refractivity contribution in [2.45, 2.75) is 84.7 Å². The Morgan fingerprint density at radius 1 is 1.10 bits per heavy atom. The van der Waals surface area contributed by atoms with E-state index in [0.29, 0.717) is 0 Å². The highest BCUT2D eigenvalue weighted by atomic mass is 15.2. The minimum atomic E-state index is 0.753. The first kappa shape index (κ1) is 17.3. The van der Waals surface area contributed by atoms with Gasteiger partial charge in [0.25, 0.3) is 0 Å². The zero-order valence-corrected chi connectivity index (χ0v) is 14.9. The molecule has 1 saturated carbocycles. The molecule has 1 aliphatic carbocycles. The van der Waals surface area contributed by atoms with Crippen molar-refractivity contribution < 1.29 is 0 Å². The van der Waals surface area contributed by atoms with E-state index in [1.807, 2.05) is 0 Å². The molecule has 1 saturated heterocycles. The zero-order valence-electron chi connectivity index (χ0n) is 14.9. The van der Waals surface area contributed by atoms with Gasteiger partial charge in [-0.25, -0.2) is 0 Å². The summed E-state index contributed by atoms with van der Waals surface area (Å²) in [4.78, 5) is 2.83. The normalized spacial score (nSPS) is 38.6. The van der Waals surface area contributed by atoms with Crippen LogP contribution >= 0.6 is 0 Å². The van der Waals surface area contributed by atoms with E-state index in [1.165, 1.54) is 64.6 Å². The fourth-order valence-corrected chi connectivity index (χ4v) is 4.82. The molecule has 2 nitrogen and oxygen atoms in total. The summed E-state index contributed by atoms with van der Waals surface area (Å²) >= 11 is 0. The van der Waals surface area contributed by atoms with Gasteiger partial charge in [-0.1, -0.05) is 34.1 Å². The lowest BCUT2D eigenvalue weighted by Gasteiger charge is -2.45. The summed E-state index contributed by atoms with van der Waals surface area (Å²) < 4.78 is 0. The van der Waals surface area contributed by atoms with Crippen LogP contribution in [0.4, 0.5) is 0 Å². The van der Waals surface area contributed by atoms with Crippen LogP contribution in [0, 0.1) is 17.8 Å². The summed E-state index contributed by atoms with van der Waals surface area (Å²) in [5, 5.41) is 3.88. The Kier molecular flexibility index (Phi) is 7.01. The summed E-state index contributed by atoms with van der Waals surface area (Å²) in [6, 6.07) is 1.61. The summed E-state index contributed by atoms with van der Waals surface area (Å²) in [7, 11) is 0. The van der Waals surface area contributed by atoms with Crippen LogP contribution in [0.15, 0.2) is 0 Å². The van der Waals surface area contributed by atoms with Crippen LogP contribution in [-0.2, 0) is 0 Å². The zero-order chi connectivity index (χ0) is 15.2. The molecular weight excluding hydrogens is 256 g/mol. The van der Waals surface area contributed by atoms with Gasteiger partial charge in [0.2, 0.25) is 0 Å². The van der Waals surface area contributed by atoms with Crippen molar-refractivity contribution in [2.75, 3.05) is 19.6 Å². The van der Waals surface area contributed by atoms with Crippen molar-refractivity contribution in [1.82, 2.24) is 10.2 Å². The van der Waals surface area contributed by atoms with E-state index in [9.17, 15) is 0 Å². The van der Waals surface area contributed by atoms with Crippen molar-refractivity contribution in [2.24, 2.45) is 17.8 Å². The standard InChI is InChI=1S/C19H38N2/c1-5-10-20-19-13-15(3)12-16(4)18(19)14-21-11-8-7-9-17(21)6-2/h15-20H,5-14H2,1-4H3. The third-order valence-corrected chi connectivity index (χ3v) is 6.00. The van der Waals surface area contributed by atoms with Crippen LogP contribution < -0.4 is 5.32 Å². The molecule has 0 spiro atoms. The maximum atomic E-state index is 3.88. The number of hydrogen-bond donors (Lipinski definition) is 1. The molecule has 2 fully saturated rings. The minimum absolute atomic E-state index is 0.753. The van der Waals surface area contributed by atoms with Crippen LogP contribution in [0.1, 0.15) is 72.6 Å². The molecule has 0 amide bonds. The fourth-order valence-electron chi connectivity index (χ4n) is 4.82. The van der Waals surface area contributed by atoms with Crippen molar-refractivity contribution >= 4 is 0 Å². The lowest BCUT2D eigenvalue weighted by molar-refractivity contribution is 0.0615. The van der Waals surface area contributed by atoms with Gasteiger partial charge in [0.1, 0.15) is 0 Å². The molecule has 2 heteroatoms. The van der Waals surface area contributed by atoms with Gasteiger partial charge in [-0.15, -0.1) is 0 Å². The second-order valence-electron chi connectivity index (χ2n) is 7.83. The average molecular weight is 295 g/mol. The van der Waals surface area contributed by atoms with Gasteiger partial charge in [-0.3, -0.25) is 0 Å². The molecule has 0 aromatic rings. The van der Waals surface area contributed by atoms with Crippen LogP contribution in [0.2, 0.25) is 0 Å². The van der Waals surface area contributed by atoms with Crippen LogP contribution in [0.25, 0.3) is 0 Å². The van der Waals surface area contributed by atoms with Gasteiger partial charge in [-0.05, 0) is 69.4 Å². The van der Waals surface area contributed by atoms with E-state index in [2.05, 4.69) is 37.9 Å². The molecule has 1 heterocycles. The Morgan fingerprint density at radius 3 is 2.62 bits per heavy atom. The maximum Gasteiger partial charge on any atom is 0.0113 e. The van der Waals surface area contributed by atoms with E-state index in [-0.39, 0.29) is 0 Å². The molecule has 0 radical (unpaired) electrons. The summed E-state index contributed by atoms with van der Waals surface area (Å²) in [5.41, 5.74) is 0. The molecule has 0 bridgehead atoms. The SMILES string of the molecule is CCCNC1CC(C)CC(C)C1CN1CCCCC1CC. The molecule has 1 aliphatic heterocycles. The first-order valence-electron chi connectivity index (χ1n) is 9.63. The van der Waals surface area contributed by atoms with E-state index in [0.717, 1.165) is 29.8 Å². The molecule has 5 atom stereocenters. The van der Waals surface area contributed by atoms with Crippen molar-refractivity contribution in [1.29, 1.82) is 0 Å². The van der Waals surface area contributed by atoms with Crippen LogP contribution in [-0.4, -0.2) is 36.6 Å². The van der Waals surface area contributed by atoms with Gasteiger partial charge in [-0.2, -0.15) is 0 Å². The summed E-state index contributed by atoms with van der Waals surface area (Å²) in [6.45, 7) is 13.5. The Labute approximate surface area is 133 Å². The van der Waals surface area contributed by atoms with Gasteiger partial charge >= 0.3 is 0 Å². The second-order valence-corrected chi connectivity index (χ2v) is 7.83. The molecule has 0 aromatic carbocycles. The lowest BCUT2D eigenvalue weighted by Crippen LogP contribution is -2.51. The van der Waals surface area contributed by atoms with E-state index < -0.39 is 0 Å². The average Bonchev–Trinajstić information content (AvgIpc) is 2.48. The van der Waals surface area contributed by atoms with Gasteiger partial charge in [0.05, 0.1) is 0 Å². The number of nitrogens with zero attached hydrogens (tertiary/aromatic N) is 1. The highest BCUT2D eigenvalue weighted by molar-refractivity contribution is 4.91. The molecule has 1 N–H and O–H groups in total. The molecule has 21 heavy (non-hydrogen) atoms. The Morgan fingerprint density at radius 2 is 1.90 bits per heavy atom. The van der Waals surface area contributed by atoms with Crippen molar-refractivity contribution in [3.05, 3.63) is 0 Å². The Balaban J connectivity index is 1.98. The minimum Gasteiger partial charge on any atom is -0.314 e. The van der Waals surface area contributed by atoms with E-state index in [1.54, 1.807) is 0 Å². The molecular formula is C19H38N2. The molecule has 124 valence electrons. The van der Waals surface area contributed by atoms with Gasteiger partial charge < -0.3 is 10.2 Å². The molecule has 5 unspecified atom stereocenters. The quantitative estimate of drug-likeness (QED) is 0.785. The van der Waals surface area contributed by atoms with Crippen molar-refractivity contribution in [3.63, 3.8) is 0 Å². The van der Waals surface area contributed by atoms with Crippen molar-refractivity contribution in [3.8, 4) is 0 Å². The number of nitrogens with one attached hydrogen (secondary N) is 1. The Bertz CT molecular complexity index is 291. The Hall–Kier alpha value is -0.0800. The monoisotopic (exact) mass is 294 g/mol. The topological polar surface area (TPSA) is 15.3 Å². The number of rotatable bonds is 6. The highest BCUT2D eigenvalue weighted by Gasteiger charge is 2.36. The third-order valence-electron chi connectivity index (χ3n) is 6.00. The molecule has 2 rings (SSSR count). The lowest BCUT2D eigenvalue weighted by atomic mass is 9.71. The maximum absolute atomic E-state index is 3.88. The highest BCUT2D eigenvalue weighted by Crippen LogP contribution is 2.35. The smallest absolute Gasteiger partial charge is 0.0113 e. The summed E-state index contributed by atoms with van der Waals surface area (Å²) in [5.74, 6) is 2.64. The van der Waals surface area contributed by atoms with E-state index in [4.69, 9.17) is 0 Å². The van der Waals surface area contributed by atoms with Gasteiger partial charge in [0.15, 0.2) is 0 Å². The first-order valence-corrected chi connectivity index (χ1v) is 9.63. The number of likely N-dealkylation sites (tertiary alicyclic amines) is 1. The summed E-state index contributed by atoms with van der Waals surface area (Å²) in [6.07, 6.45) is 9.71. The second kappa shape index (κ2) is 8.53. The predicted molar refractivity (Wildman–Crippen MR) is 92.6 cm³/mol. The number of hydrogen-bond acceptors (Lipinski definition) is 2. The van der Waals surface area contributed by atoms with E-state index >= 15 is 0 Å². The van der Waals surface area contributed by atoms with Gasteiger partial charge in [0, 0.05) is 18.6 Å². The number of piperidine rings is 1. The van der Waals surface area contributed by atoms with Crippen LogP contribution in [0.5, 0.6) is 0 Å². The predicted octanol–water partition coefficient (Wildman–Crippen LogP) is 4.30. The third kappa shape index (κ3) is 4.69. The van der Waals surface area contributed by atoms with Crippen LogP contribution in [0.3, 0.4) is 0 Å². The molecule has 2 aliphatic rings. The largest absolute Gasteiger partial charge is 0.314 e. The fraction of sp³-hybridized carbons (Fsp3) is 1.00.